The molecule has 3 saturated heterocycles. The maximum atomic E-state index is 12.2. The molecule has 1 amide bonds. The number of cyclic esters (lactones) is 1. The number of amides is 1. The molecule has 0 spiro atoms. The summed E-state index contributed by atoms with van der Waals surface area (Å²) < 4.78 is 5.74. The number of carbonyl (C=O) groups is 2. The predicted molar refractivity (Wildman–Crippen MR) is 118 cm³/mol. The highest BCUT2D eigenvalue weighted by Crippen LogP contribution is 2.33. The van der Waals surface area contributed by atoms with Crippen molar-refractivity contribution in [1.29, 1.82) is 0 Å². The van der Waals surface area contributed by atoms with Gasteiger partial charge in [0.05, 0.1) is 12.5 Å². The molecular formula is C23H40N4O4. The summed E-state index contributed by atoms with van der Waals surface area (Å²) in [5.41, 5.74) is 0. The van der Waals surface area contributed by atoms with Crippen LogP contribution in [0.4, 0.5) is 4.79 Å². The lowest BCUT2D eigenvalue weighted by Gasteiger charge is -2.38. The maximum Gasteiger partial charge on any atom is 0.411 e. The fraction of sp³-hybridized carbons (Fsp3) is 0.913. The quantitative estimate of drug-likeness (QED) is 0.527. The minimum Gasteiger partial charge on any atom is -0.481 e. The molecule has 4 fully saturated rings. The maximum absolute atomic E-state index is 12.2. The summed E-state index contributed by atoms with van der Waals surface area (Å²) in [5, 5.41) is 8.88. The Kier molecular flexibility index (Phi) is 7.72. The molecule has 1 aliphatic carbocycles. The Balaban J connectivity index is 1.17. The number of carboxylic acids is 1. The topological polar surface area (TPSA) is 76.6 Å². The smallest absolute Gasteiger partial charge is 0.411 e. The van der Waals surface area contributed by atoms with Crippen molar-refractivity contribution in [1.82, 2.24) is 19.6 Å². The summed E-state index contributed by atoms with van der Waals surface area (Å²) in [4.78, 5) is 32.0. The Morgan fingerprint density at radius 1 is 0.968 bits per heavy atom. The summed E-state index contributed by atoms with van der Waals surface area (Å²) in [6.07, 6.45) is 10.0. The number of likely N-dealkylation sites (tertiary alicyclic amines) is 1. The summed E-state index contributed by atoms with van der Waals surface area (Å²) in [5.74, 6) is 0.131. The highest BCUT2D eigenvalue weighted by Gasteiger charge is 2.43. The Morgan fingerprint density at radius 3 is 2.29 bits per heavy atom. The first-order valence-corrected chi connectivity index (χ1v) is 12.4. The van der Waals surface area contributed by atoms with E-state index in [-0.39, 0.29) is 24.8 Å². The average molecular weight is 437 g/mol. The standard InChI is InChI=1S/C23H40N4O4/c1-24-20(5-3-2-4-18-8-12-26(13-9-18)19-6-7-19)22(31-23(24)30)27-16-14-25(15-17-27)11-10-21(28)29/h18-20,22H,2-17H2,1H3,(H,28,29). The Labute approximate surface area is 186 Å². The van der Waals surface area contributed by atoms with E-state index in [0.717, 1.165) is 51.0 Å². The Morgan fingerprint density at radius 2 is 1.65 bits per heavy atom. The lowest BCUT2D eigenvalue weighted by Crippen LogP contribution is -2.54. The highest BCUT2D eigenvalue weighted by atomic mass is 16.6. The van der Waals surface area contributed by atoms with E-state index >= 15 is 0 Å². The molecule has 2 unspecified atom stereocenters. The van der Waals surface area contributed by atoms with Crippen molar-refractivity contribution in [2.24, 2.45) is 5.92 Å². The molecule has 1 saturated carbocycles. The van der Waals surface area contributed by atoms with Gasteiger partial charge in [0.25, 0.3) is 0 Å². The first-order valence-electron chi connectivity index (χ1n) is 12.4. The highest BCUT2D eigenvalue weighted by molar-refractivity contribution is 5.70. The van der Waals surface area contributed by atoms with Crippen LogP contribution in [-0.4, -0.2) is 108 Å². The number of unbranched alkanes of at least 4 members (excludes halogenated alkanes) is 1. The third-order valence-corrected chi connectivity index (χ3v) is 7.82. The monoisotopic (exact) mass is 436 g/mol. The minimum absolute atomic E-state index is 0.120. The molecule has 3 heterocycles. The van der Waals surface area contributed by atoms with E-state index in [1.165, 1.54) is 51.6 Å². The lowest BCUT2D eigenvalue weighted by atomic mass is 9.90. The zero-order valence-corrected chi connectivity index (χ0v) is 19.1. The second kappa shape index (κ2) is 10.5. The predicted octanol–water partition coefficient (Wildman–Crippen LogP) is 2.29. The van der Waals surface area contributed by atoms with Crippen molar-refractivity contribution >= 4 is 12.1 Å². The average Bonchev–Trinajstić information content (AvgIpc) is 3.58. The van der Waals surface area contributed by atoms with Crippen LogP contribution in [0.25, 0.3) is 0 Å². The van der Waals surface area contributed by atoms with Crippen LogP contribution in [-0.2, 0) is 9.53 Å². The van der Waals surface area contributed by atoms with Gasteiger partial charge in [-0.2, -0.15) is 0 Å². The number of hydrogen-bond acceptors (Lipinski definition) is 6. The lowest BCUT2D eigenvalue weighted by molar-refractivity contribution is -0.137. The Bertz CT molecular complexity index is 613. The summed E-state index contributed by atoms with van der Waals surface area (Å²) in [7, 11) is 1.86. The van der Waals surface area contributed by atoms with Crippen LogP contribution in [0.2, 0.25) is 0 Å². The van der Waals surface area contributed by atoms with Crippen molar-refractivity contribution in [3.63, 3.8) is 0 Å². The first kappa shape index (κ1) is 22.8. The van der Waals surface area contributed by atoms with Gasteiger partial charge in [-0.05, 0) is 51.1 Å². The molecule has 0 aromatic carbocycles. The van der Waals surface area contributed by atoms with E-state index in [0.29, 0.717) is 6.54 Å². The van der Waals surface area contributed by atoms with Gasteiger partial charge < -0.3 is 24.5 Å². The van der Waals surface area contributed by atoms with Gasteiger partial charge in [-0.25, -0.2) is 4.79 Å². The number of hydrogen-bond donors (Lipinski definition) is 1. The number of ether oxygens (including phenoxy) is 1. The molecule has 0 aromatic heterocycles. The van der Waals surface area contributed by atoms with E-state index in [1.807, 2.05) is 7.05 Å². The minimum atomic E-state index is -0.748. The second-order valence-electron chi connectivity index (χ2n) is 9.97. The van der Waals surface area contributed by atoms with Crippen LogP contribution < -0.4 is 0 Å². The van der Waals surface area contributed by atoms with Gasteiger partial charge in [-0.15, -0.1) is 0 Å². The van der Waals surface area contributed by atoms with Crippen molar-refractivity contribution in [3.8, 4) is 0 Å². The van der Waals surface area contributed by atoms with Gasteiger partial charge in [0.1, 0.15) is 0 Å². The fourth-order valence-corrected chi connectivity index (χ4v) is 5.57. The molecule has 0 aromatic rings. The molecule has 3 aliphatic heterocycles. The summed E-state index contributed by atoms with van der Waals surface area (Å²) in [6, 6.07) is 1.03. The van der Waals surface area contributed by atoms with Gasteiger partial charge >= 0.3 is 12.1 Å². The zero-order valence-electron chi connectivity index (χ0n) is 19.1. The van der Waals surface area contributed by atoms with E-state index in [2.05, 4.69) is 14.7 Å². The molecule has 2 atom stereocenters. The second-order valence-corrected chi connectivity index (χ2v) is 9.97. The van der Waals surface area contributed by atoms with Crippen molar-refractivity contribution in [2.45, 2.75) is 76.1 Å². The number of piperidine rings is 1. The van der Waals surface area contributed by atoms with Crippen molar-refractivity contribution in [3.05, 3.63) is 0 Å². The molecule has 8 heteroatoms. The molecule has 176 valence electrons. The molecule has 0 bridgehead atoms. The molecule has 1 N–H and O–H groups in total. The number of likely N-dealkylation sites (N-methyl/N-ethyl adjacent to an activating group) is 1. The molecule has 0 radical (unpaired) electrons. The van der Waals surface area contributed by atoms with Gasteiger partial charge in [0.2, 0.25) is 0 Å². The van der Waals surface area contributed by atoms with Crippen LogP contribution in [0.15, 0.2) is 0 Å². The van der Waals surface area contributed by atoms with Crippen LogP contribution >= 0.6 is 0 Å². The van der Waals surface area contributed by atoms with Gasteiger partial charge in [0, 0.05) is 45.8 Å². The van der Waals surface area contributed by atoms with Gasteiger partial charge in [-0.3, -0.25) is 9.69 Å². The number of rotatable bonds is 10. The molecule has 8 nitrogen and oxygen atoms in total. The van der Waals surface area contributed by atoms with E-state index in [4.69, 9.17) is 9.84 Å². The van der Waals surface area contributed by atoms with E-state index in [1.54, 1.807) is 4.90 Å². The number of aliphatic carboxylic acids is 1. The molecule has 4 aliphatic rings. The SMILES string of the molecule is CN1C(=O)OC(N2CCN(CCC(=O)O)CC2)C1CCCCC1CCN(C2CC2)CC1. The number of carbonyl (C=O) groups excluding carboxylic acids is 1. The van der Waals surface area contributed by atoms with Crippen LogP contribution in [0, 0.1) is 5.92 Å². The van der Waals surface area contributed by atoms with Gasteiger partial charge in [-0.1, -0.05) is 19.3 Å². The zero-order chi connectivity index (χ0) is 21.8. The first-order chi connectivity index (χ1) is 15.0. The number of nitrogens with zero attached hydrogens (tertiary/aromatic N) is 4. The Hall–Kier alpha value is -1.38. The normalized spacial score (nSPS) is 29.5. The third kappa shape index (κ3) is 6.11. The summed E-state index contributed by atoms with van der Waals surface area (Å²) in [6.45, 7) is 6.49. The van der Waals surface area contributed by atoms with Crippen molar-refractivity contribution in [2.75, 3.05) is 52.9 Å². The number of carboxylic acid groups (broad SMARTS) is 1. The van der Waals surface area contributed by atoms with Gasteiger partial charge in [0.15, 0.2) is 6.23 Å². The number of piperazine rings is 1. The molecule has 31 heavy (non-hydrogen) atoms. The van der Waals surface area contributed by atoms with Crippen LogP contribution in [0.1, 0.15) is 57.8 Å². The molecule has 4 rings (SSSR count). The van der Waals surface area contributed by atoms with Crippen LogP contribution in [0.5, 0.6) is 0 Å². The third-order valence-electron chi connectivity index (χ3n) is 7.82. The van der Waals surface area contributed by atoms with Crippen LogP contribution in [0.3, 0.4) is 0 Å². The summed E-state index contributed by atoms with van der Waals surface area (Å²) >= 11 is 0. The molecular weight excluding hydrogens is 396 g/mol. The largest absolute Gasteiger partial charge is 0.481 e. The van der Waals surface area contributed by atoms with E-state index in [9.17, 15) is 9.59 Å². The van der Waals surface area contributed by atoms with E-state index < -0.39 is 5.97 Å². The van der Waals surface area contributed by atoms with Crippen molar-refractivity contribution < 1.29 is 19.4 Å². The fourth-order valence-electron chi connectivity index (χ4n) is 5.57.